The van der Waals surface area contributed by atoms with Crippen LogP contribution in [0, 0.1) is 0 Å². The van der Waals surface area contributed by atoms with Gasteiger partial charge in [-0.1, -0.05) is 96.1 Å². The van der Waals surface area contributed by atoms with E-state index in [1.807, 2.05) is 14.1 Å². The van der Waals surface area contributed by atoms with Gasteiger partial charge in [-0.25, -0.2) is 4.79 Å². The van der Waals surface area contributed by atoms with E-state index in [0.717, 1.165) is 13.0 Å². The predicted molar refractivity (Wildman–Crippen MR) is 127 cm³/mol. The van der Waals surface area contributed by atoms with E-state index in [1.165, 1.54) is 109 Å². The summed E-state index contributed by atoms with van der Waals surface area (Å²) in [5, 5.41) is 8.90. The number of allylic oxidation sites excluding steroid dienone is 2. The van der Waals surface area contributed by atoms with Crippen LogP contribution in [0.3, 0.4) is 0 Å². The molecule has 0 amide bonds. The Morgan fingerprint density at radius 2 is 1.03 bits per heavy atom. The van der Waals surface area contributed by atoms with E-state index in [1.54, 1.807) is 0 Å². The lowest BCUT2D eigenvalue weighted by Crippen LogP contribution is -2.44. The summed E-state index contributed by atoms with van der Waals surface area (Å²) in [4.78, 5) is 10.8. The number of hydrogen-bond acceptors (Lipinski definition) is 1. The molecule has 0 spiro atoms. The van der Waals surface area contributed by atoms with Crippen molar-refractivity contribution in [1.82, 2.24) is 0 Å². The fourth-order valence-corrected chi connectivity index (χ4v) is 3.94. The highest BCUT2D eigenvalue weighted by Gasteiger charge is 2.18. The first kappa shape index (κ1) is 28.2. The highest BCUT2D eigenvalue weighted by atomic mass is 16.4. The van der Waals surface area contributed by atoms with Crippen molar-refractivity contribution < 1.29 is 14.4 Å². The van der Waals surface area contributed by atoms with Crippen molar-refractivity contribution in [3.63, 3.8) is 0 Å². The number of likely N-dealkylation sites (N-methyl/N-ethyl adjacent to an activating group) is 1. The summed E-state index contributed by atoms with van der Waals surface area (Å²) in [6.07, 6.45) is 29.1. The summed E-state index contributed by atoms with van der Waals surface area (Å²) < 4.78 is 0.601. The number of rotatable bonds is 22. The molecule has 0 heterocycles. The van der Waals surface area contributed by atoms with Gasteiger partial charge in [0.05, 0.1) is 20.6 Å². The summed E-state index contributed by atoms with van der Waals surface area (Å²) in [6.45, 7) is 3.48. The number of carboxylic acid groups (broad SMARTS) is 1. The SMILES string of the molecule is CCCCCCCC/C=C\CCCCCCCCCCCC[N+](C)(C)CC(=O)O. The average Bonchev–Trinajstić information content (AvgIpc) is 2.65. The summed E-state index contributed by atoms with van der Waals surface area (Å²) >= 11 is 0. The zero-order valence-corrected chi connectivity index (χ0v) is 20.1. The van der Waals surface area contributed by atoms with Gasteiger partial charge in [-0.15, -0.1) is 0 Å². The summed E-state index contributed by atoms with van der Waals surface area (Å²) in [6, 6.07) is 0. The number of carbonyl (C=O) groups is 1. The number of unbranched alkanes of at least 4 members (excludes halogenated alkanes) is 16. The largest absolute Gasteiger partial charge is 0.477 e. The molecule has 0 aliphatic heterocycles. The van der Waals surface area contributed by atoms with Crippen LogP contribution >= 0.6 is 0 Å². The van der Waals surface area contributed by atoms with Crippen molar-refractivity contribution in [3.05, 3.63) is 12.2 Å². The van der Waals surface area contributed by atoms with E-state index in [2.05, 4.69) is 19.1 Å². The van der Waals surface area contributed by atoms with Crippen LogP contribution in [-0.2, 0) is 4.79 Å². The van der Waals surface area contributed by atoms with Gasteiger partial charge in [0.1, 0.15) is 0 Å². The normalized spacial score (nSPS) is 12.1. The maximum absolute atomic E-state index is 10.8. The van der Waals surface area contributed by atoms with E-state index in [0.29, 0.717) is 4.48 Å². The zero-order valence-electron chi connectivity index (χ0n) is 20.1. The lowest BCUT2D eigenvalue weighted by Gasteiger charge is -2.27. The molecule has 0 aromatic carbocycles. The van der Waals surface area contributed by atoms with Crippen molar-refractivity contribution in [1.29, 1.82) is 0 Å². The molecule has 0 bridgehead atoms. The topological polar surface area (TPSA) is 37.3 Å². The Bertz CT molecular complexity index is 390. The molecule has 3 nitrogen and oxygen atoms in total. The van der Waals surface area contributed by atoms with Gasteiger partial charge in [-0.3, -0.25) is 0 Å². The Balaban J connectivity index is 3.22. The van der Waals surface area contributed by atoms with Gasteiger partial charge < -0.3 is 9.59 Å². The molecular weight excluding hydrogens is 358 g/mol. The number of aliphatic carboxylic acids is 1. The molecule has 0 atom stereocenters. The molecule has 0 fully saturated rings. The van der Waals surface area contributed by atoms with Crippen LogP contribution in [0.4, 0.5) is 0 Å². The molecule has 172 valence electrons. The molecule has 0 radical (unpaired) electrons. The van der Waals surface area contributed by atoms with Gasteiger partial charge in [0, 0.05) is 0 Å². The molecule has 0 aliphatic rings. The maximum atomic E-state index is 10.8. The second kappa shape index (κ2) is 20.4. The summed E-state index contributed by atoms with van der Waals surface area (Å²) in [5.41, 5.74) is 0. The number of hydrogen-bond donors (Lipinski definition) is 1. The van der Waals surface area contributed by atoms with E-state index in [4.69, 9.17) is 5.11 Å². The minimum Gasteiger partial charge on any atom is -0.477 e. The standard InChI is InChI=1S/C26H51NO2/c1-4-5-6-7-8-9-10-11-12-13-14-15-16-17-18-19-20-21-22-23-24-27(2,3)25-26(28)29/h11-12H,4-10,13-25H2,1-3H3/p+1/b12-11-. The third kappa shape index (κ3) is 23.3. The van der Waals surface area contributed by atoms with E-state index in [9.17, 15) is 4.79 Å². The fraction of sp³-hybridized carbons (Fsp3) is 0.885. The first-order chi connectivity index (χ1) is 14.0. The van der Waals surface area contributed by atoms with Gasteiger partial charge in [0.25, 0.3) is 0 Å². The van der Waals surface area contributed by atoms with Crippen molar-refractivity contribution in [2.75, 3.05) is 27.2 Å². The van der Waals surface area contributed by atoms with Gasteiger partial charge >= 0.3 is 5.97 Å². The van der Waals surface area contributed by atoms with Gasteiger partial charge in [-0.05, 0) is 38.5 Å². The molecule has 0 unspecified atom stereocenters. The number of nitrogens with zero attached hydrogens (tertiary/aromatic N) is 1. The minimum atomic E-state index is -0.695. The summed E-state index contributed by atoms with van der Waals surface area (Å²) in [7, 11) is 4.03. The molecule has 0 aromatic rings. The first-order valence-electron chi connectivity index (χ1n) is 12.7. The first-order valence-corrected chi connectivity index (χ1v) is 12.7. The van der Waals surface area contributed by atoms with Crippen LogP contribution in [0.2, 0.25) is 0 Å². The number of quaternary nitrogens is 1. The molecule has 0 aliphatic carbocycles. The smallest absolute Gasteiger partial charge is 0.359 e. The third-order valence-electron chi connectivity index (χ3n) is 5.84. The second-order valence-corrected chi connectivity index (χ2v) is 9.56. The predicted octanol–water partition coefficient (Wildman–Crippen LogP) is 7.75. The van der Waals surface area contributed by atoms with Crippen molar-refractivity contribution in [3.8, 4) is 0 Å². The van der Waals surface area contributed by atoms with Crippen LogP contribution < -0.4 is 0 Å². The van der Waals surface area contributed by atoms with Crippen LogP contribution in [0.5, 0.6) is 0 Å². The van der Waals surface area contributed by atoms with Crippen LogP contribution in [-0.4, -0.2) is 42.7 Å². The van der Waals surface area contributed by atoms with Crippen LogP contribution in [0.25, 0.3) is 0 Å². The monoisotopic (exact) mass is 410 g/mol. The molecule has 1 N–H and O–H groups in total. The molecule has 0 saturated carbocycles. The van der Waals surface area contributed by atoms with Crippen molar-refractivity contribution >= 4 is 5.97 Å². The van der Waals surface area contributed by atoms with Gasteiger partial charge in [0.2, 0.25) is 0 Å². The van der Waals surface area contributed by atoms with Crippen molar-refractivity contribution in [2.45, 2.75) is 122 Å². The Morgan fingerprint density at radius 3 is 1.45 bits per heavy atom. The second-order valence-electron chi connectivity index (χ2n) is 9.56. The quantitative estimate of drug-likeness (QED) is 0.112. The fourth-order valence-electron chi connectivity index (χ4n) is 3.94. The lowest BCUT2D eigenvalue weighted by molar-refractivity contribution is -0.883. The molecule has 29 heavy (non-hydrogen) atoms. The average molecular weight is 411 g/mol. The summed E-state index contributed by atoms with van der Waals surface area (Å²) in [5.74, 6) is -0.695. The number of carboxylic acids is 1. The van der Waals surface area contributed by atoms with Gasteiger partial charge in [0.15, 0.2) is 6.54 Å². The molecule has 0 rings (SSSR count). The zero-order chi connectivity index (χ0) is 21.6. The molecular formula is C26H52NO2+. The lowest BCUT2D eigenvalue weighted by atomic mass is 10.1. The van der Waals surface area contributed by atoms with E-state index >= 15 is 0 Å². The Morgan fingerprint density at radius 1 is 0.655 bits per heavy atom. The molecule has 0 aromatic heterocycles. The molecule has 3 heteroatoms. The van der Waals surface area contributed by atoms with E-state index < -0.39 is 5.97 Å². The van der Waals surface area contributed by atoms with E-state index in [-0.39, 0.29) is 6.54 Å². The Labute approximate surface area is 182 Å². The Hall–Kier alpha value is -0.830. The van der Waals surface area contributed by atoms with Crippen LogP contribution in [0.15, 0.2) is 12.2 Å². The molecule has 0 saturated heterocycles. The van der Waals surface area contributed by atoms with Crippen LogP contribution in [0.1, 0.15) is 122 Å². The van der Waals surface area contributed by atoms with Crippen molar-refractivity contribution in [2.24, 2.45) is 0 Å². The minimum absolute atomic E-state index is 0.231. The third-order valence-corrected chi connectivity index (χ3v) is 5.84. The Kier molecular flexibility index (Phi) is 19.9. The highest BCUT2D eigenvalue weighted by molar-refractivity contribution is 5.67. The highest BCUT2D eigenvalue weighted by Crippen LogP contribution is 2.13. The maximum Gasteiger partial charge on any atom is 0.359 e. The van der Waals surface area contributed by atoms with Gasteiger partial charge in [-0.2, -0.15) is 0 Å².